The van der Waals surface area contributed by atoms with Gasteiger partial charge in [0.05, 0.1) is 0 Å². The van der Waals surface area contributed by atoms with E-state index in [9.17, 15) is 4.79 Å². The Labute approximate surface area is 93.2 Å². The van der Waals surface area contributed by atoms with Crippen molar-refractivity contribution in [1.82, 2.24) is 10.2 Å². The third-order valence-corrected chi connectivity index (χ3v) is 2.81. The summed E-state index contributed by atoms with van der Waals surface area (Å²) in [5.41, 5.74) is 0.109. The Morgan fingerprint density at radius 2 is 2.13 bits per heavy atom. The standard InChI is InChI=1S/C12H24N2O/c1-12(2,3)7-11(15)14-6-5-10(9-14)8-13-4/h10,13H,5-9H2,1-4H3. The molecule has 1 heterocycles. The van der Waals surface area contributed by atoms with Crippen LogP contribution in [0.15, 0.2) is 0 Å². The van der Waals surface area contributed by atoms with E-state index in [-0.39, 0.29) is 5.41 Å². The summed E-state index contributed by atoms with van der Waals surface area (Å²) in [6, 6.07) is 0. The predicted molar refractivity (Wildman–Crippen MR) is 62.7 cm³/mol. The smallest absolute Gasteiger partial charge is 0.223 e. The van der Waals surface area contributed by atoms with Gasteiger partial charge in [0.2, 0.25) is 5.91 Å². The fourth-order valence-electron chi connectivity index (χ4n) is 2.08. The number of carbonyl (C=O) groups is 1. The Balaban J connectivity index is 2.37. The number of amides is 1. The zero-order valence-corrected chi connectivity index (χ0v) is 10.5. The van der Waals surface area contributed by atoms with Gasteiger partial charge in [0.1, 0.15) is 0 Å². The maximum absolute atomic E-state index is 11.9. The Bertz CT molecular complexity index is 220. The van der Waals surface area contributed by atoms with E-state index in [2.05, 4.69) is 26.1 Å². The highest BCUT2D eigenvalue weighted by Crippen LogP contribution is 2.23. The van der Waals surface area contributed by atoms with Crippen LogP contribution in [0.25, 0.3) is 0 Å². The van der Waals surface area contributed by atoms with E-state index in [0.29, 0.717) is 18.2 Å². The summed E-state index contributed by atoms with van der Waals surface area (Å²) in [6.07, 6.45) is 1.82. The summed E-state index contributed by atoms with van der Waals surface area (Å²) >= 11 is 0. The van der Waals surface area contributed by atoms with Gasteiger partial charge in [0.15, 0.2) is 0 Å². The van der Waals surface area contributed by atoms with E-state index in [4.69, 9.17) is 0 Å². The molecule has 3 heteroatoms. The van der Waals surface area contributed by atoms with Gasteiger partial charge < -0.3 is 10.2 Å². The van der Waals surface area contributed by atoms with Gasteiger partial charge in [0, 0.05) is 19.5 Å². The van der Waals surface area contributed by atoms with Gasteiger partial charge in [-0.3, -0.25) is 4.79 Å². The minimum absolute atomic E-state index is 0.109. The quantitative estimate of drug-likeness (QED) is 0.768. The van der Waals surface area contributed by atoms with Crippen molar-refractivity contribution in [1.29, 1.82) is 0 Å². The molecule has 1 rings (SSSR count). The zero-order chi connectivity index (χ0) is 11.5. The average Bonchev–Trinajstić information content (AvgIpc) is 2.50. The van der Waals surface area contributed by atoms with Crippen LogP contribution in [-0.4, -0.2) is 37.5 Å². The Hall–Kier alpha value is -0.570. The molecule has 88 valence electrons. The number of likely N-dealkylation sites (tertiary alicyclic amines) is 1. The summed E-state index contributed by atoms with van der Waals surface area (Å²) in [7, 11) is 1.97. The molecule has 0 aliphatic carbocycles. The molecule has 15 heavy (non-hydrogen) atoms. The SMILES string of the molecule is CNCC1CCN(C(=O)CC(C)(C)C)C1. The Morgan fingerprint density at radius 1 is 1.47 bits per heavy atom. The molecule has 0 spiro atoms. The highest BCUT2D eigenvalue weighted by atomic mass is 16.2. The lowest BCUT2D eigenvalue weighted by atomic mass is 9.92. The van der Waals surface area contributed by atoms with E-state index in [0.717, 1.165) is 26.1 Å². The van der Waals surface area contributed by atoms with E-state index in [1.165, 1.54) is 0 Å². The third-order valence-electron chi connectivity index (χ3n) is 2.81. The van der Waals surface area contributed by atoms with Crippen molar-refractivity contribution in [2.75, 3.05) is 26.7 Å². The second-order valence-electron chi connectivity index (χ2n) is 5.79. The van der Waals surface area contributed by atoms with Gasteiger partial charge in [-0.25, -0.2) is 0 Å². The lowest BCUT2D eigenvalue weighted by molar-refractivity contribution is -0.132. The minimum Gasteiger partial charge on any atom is -0.342 e. The van der Waals surface area contributed by atoms with Crippen LogP contribution < -0.4 is 5.32 Å². The zero-order valence-electron chi connectivity index (χ0n) is 10.5. The highest BCUT2D eigenvalue weighted by molar-refractivity contribution is 5.77. The molecule has 1 aliphatic heterocycles. The Kier molecular flexibility index (Phi) is 4.14. The molecule has 3 nitrogen and oxygen atoms in total. The van der Waals surface area contributed by atoms with Gasteiger partial charge in [-0.05, 0) is 31.3 Å². The average molecular weight is 212 g/mol. The molecule has 0 bridgehead atoms. The van der Waals surface area contributed by atoms with Crippen molar-refractivity contribution in [3.8, 4) is 0 Å². The lowest BCUT2D eigenvalue weighted by Crippen LogP contribution is -2.32. The predicted octanol–water partition coefficient (Wildman–Crippen LogP) is 1.49. The van der Waals surface area contributed by atoms with Crippen LogP contribution in [0, 0.1) is 11.3 Å². The fraction of sp³-hybridized carbons (Fsp3) is 0.917. The molecule has 0 radical (unpaired) electrons. The highest BCUT2D eigenvalue weighted by Gasteiger charge is 2.27. The molecule has 1 fully saturated rings. The maximum atomic E-state index is 11.9. The first-order chi connectivity index (χ1) is 6.92. The molecular formula is C12H24N2O. The monoisotopic (exact) mass is 212 g/mol. The summed E-state index contributed by atoms with van der Waals surface area (Å²) in [6.45, 7) is 9.26. The van der Waals surface area contributed by atoms with Crippen LogP contribution in [0.4, 0.5) is 0 Å². The van der Waals surface area contributed by atoms with Crippen LogP contribution >= 0.6 is 0 Å². The molecule has 0 aromatic carbocycles. The Morgan fingerprint density at radius 3 is 2.67 bits per heavy atom. The lowest BCUT2D eigenvalue weighted by Gasteiger charge is -2.23. The summed E-state index contributed by atoms with van der Waals surface area (Å²) in [5, 5.41) is 3.18. The summed E-state index contributed by atoms with van der Waals surface area (Å²) < 4.78 is 0. The van der Waals surface area contributed by atoms with Crippen LogP contribution in [0.2, 0.25) is 0 Å². The van der Waals surface area contributed by atoms with Crippen LogP contribution in [0.1, 0.15) is 33.6 Å². The number of carbonyl (C=O) groups excluding carboxylic acids is 1. The van der Waals surface area contributed by atoms with E-state index >= 15 is 0 Å². The van der Waals surface area contributed by atoms with Gasteiger partial charge in [-0.15, -0.1) is 0 Å². The van der Waals surface area contributed by atoms with Crippen LogP contribution in [0.5, 0.6) is 0 Å². The molecule has 1 aliphatic rings. The number of nitrogens with one attached hydrogen (secondary N) is 1. The van der Waals surface area contributed by atoms with Gasteiger partial charge >= 0.3 is 0 Å². The number of rotatable bonds is 3. The molecule has 1 N–H and O–H groups in total. The van der Waals surface area contributed by atoms with E-state index in [1.807, 2.05) is 11.9 Å². The molecule has 1 amide bonds. The molecule has 0 saturated carbocycles. The molecule has 0 aromatic heterocycles. The number of nitrogens with zero attached hydrogens (tertiary/aromatic N) is 1. The van der Waals surface area contributed by atoms with Crippen LogP contribution in [0.3, 0.4) is 0 Å². The first-order valence-electron chi connectivity index (χ1n) is 5.85. The van der Waals surface area contributed by atoms with Gasteiger partial charge in [0.25, 0.3) is 0 Å². The topological polar surface area (TPSA) is 32.3 Å². The molecular weight excluding hydrogens is 188 g/mol. The first kappa shape index (κ1) is 12.5. The molecule has 1 saturated heterocycles. The summed E-state index contributed by atoms with van der Waals surface area (Å²) in [5.74, 6) is 0.972. The van der Waals surface area contributed by atoms with E-state index in [1.54, 1.807) is 0 Å². The second kappa shape index (κ2) is 4.97. The minimum atomic E-state index is 0.109. The van der Waals surface area contributed by atoms with Crippen LogP contribution in [-0.2, 0) is 4.79 Å². The van der Waals surface area contributed by atoms with Crippen molar-refractivity contribution in [2.24, 2.45) is 11.3 Å². The van der Waals surface area contributed by atoms with Crippen molar-refractivity contribution in [3.63, 3.8) is 0 Å². The van der Waals surface area contributed by atoms with E-state index < -0.39 is 0 Å². The number of hydrogen-bond acceptors (Lipinski definition) is 2. The largest absolute Gasteiger partial charge is 0.342 e. The van der Waals surface area contributed by atoms with Crippen molar-refractivity contribution in [3.05, 3.63) is 0 Å². The summed E-state index contributed by atoms with van der Waals surface area (Å²) in [4.78, 5) is 13.9. The van der Waals surface area contributed by atoms with Crippen molar-refractivity contribution < 1.29 is 4.79 Å². The van der Waals surface area contributed by atoms with Gasteiger partial charge in [-0.2, -0.15) is 0 Å². The van der Waals surface area contributed by atoms with Crippen molar-refractivity contribution >= 4 is 5.91 Å². The normalized spacial score (nSPS) is 22.1. The maximum Gasteiger partial charge on any atom is 0.223 e. The molecule has 0 aromatic rings. The molecule has 1 unspecified atom stereocenters. The molecule has 1 atom stereocenters. The fourth-order valence-corrected chi connectivity index (χ4v) is 2.08. The van der Waals surface area contributed by atoms with Gasteiger partial charge in [-0.1, -0.05) is 20.8 Å². The number of hydrogen-bond donors (Lipinski definition) is 1. The van der Waals surface area contributed by atoms with Crippen molar-refractivity contribution in [2.45, 2.75) is 33.6 Å². The second-order valence-corrected chi connectivity index (χ2v) is 5.79. The third kappa shape index (κ3) is 4.20. The first-order valence-corrected chi connectivity index (χ1v) is 5.85.